The fraction of sp³-hybridized carbons (Fsp3) is 1.00. The van der Waals surface area contributed by atoms with E-state index in [2.05, 4.69) is 37.9 Å². The lowest BCUT2D eigenvalue weighted by atomic mass is 10.1. The minimum absolute atomic E-state index is 0.593. The van der Waals surface area contributed by atoms with Crippen molar-refractivity contribution in [3.05, 3.63) is 0 Å². The van der Waals surface area contributed by atoms with E-state index in [1.807, 2.05) is 0 Å². The maximum atomic E-state index is 5.20. The quantitative estimate of drug-likeness (QED) is 0.565. The van der Waals surface area contributed by atoms with Crippen molar-refractivity contribution in [1.29, 1.82) is 0 Å². The molecule has 3 nitrogen and oxygen atoms in total. The first-order valence-corrected chi connectivity index (χ1v) is 7.12. The molecular weight excluding hydrogens is 212 g/mol. The Morgan fingerprint density at radius 2 is 1.76 bits per heavy atom. The van der Waals surface area contributed by atoms with Crippen LogP contribution in [0.3, 0.4) is 0 Å². The highest BCUT2D eigenvalue weighted by Gasteiger charge is 2.13. The van der Waals surface area contributed by atoms with Crippen LogP contribution in [0.15, 0.2) is 0 Å². The minimum atomic E-state index is 0.593. The van der Waals surface area contributed by atoms with Gasteiger partial charge in [-0.2, -0.15) is 0 Å². The third-order valence-electron chi connectivity index (χ3n) is 3.22. The maximum absolute atomic E-state index is 5.20. The zero-order chi connectivity index (χ0) is 13.1. The van der Waals surface area contributed by atoms with Crippen LogP contribution < -0.4 is 5.32 Å². The van der Waals surface area contributed by atoms with E-state index in [1.54, 1.807) is 7.11 Å². The second-order valence-corrected chi connectivity index (χ2v) is 4.96. The summed E-state index contributed by atoms with van der Waals surface area (Å²) in [6.07, 6.45) is 3.69. The van der Waals surface area contributed by atoms with Gasteiger partial charge in [-0.25, -0.2) is 0 Å². The van der Waals surface area contributed by atoms with Crippen LogP contribution in [0.1, 0.15) is 47.0 Å². The zero-order valence-corrected chi connectivity index (χ0v) is 12.5. The van der Waals surface area contributed by atoms with Gasteiger partial charge in [0.1, 0.15) is 0 Å². The van der Waals surface area contributed by atoms with Crippen LogP contribution in [0.5, 0.6) is 0 Å². The van der Waals surface area contributed by atoms with Crippen molar-refractivity contribution in [2.24, 2.45) is 0 Å². The van der Waals surface area contributed by atoms with Crippen LogP contribution in [0.2, 0.25) is 0 Å². The first kappa shape index (κ1) is 16.9. The Labute approximate surface area is 108 Å². The summed E-state index contributed by atoms with van der Waals surface area (Å²) in [5.41, 5.74) is 0. The fourth-order valence-corrected chi connectivity index (χ4v) is 2.16. The lowest BCUT2D eigenvalue weighted by Gasteiger charge is -2.30. The van der Waals surface area contributed by atoms with E-state index in [4.69, 9.17) is 4.74 Å². The number of nitrogens with one attached hydrogen (secondary N) is 1. The van der Waals surface area contributed by atoms with Gasteiger partial charge in [-0.15, -0.1) is 0 Å². The van der Waals surface area contributed by atoms with Gasteiger partial charge >= 0.3 is 0 Å². The Kier molecular flexibility index (Phi) is 10.9. The van der Waals surface area contributed by atoms with Crippen molar-refractivity contribution >= 4 is 0 Å². The molecule has 0 aliphatic heterocycles. The molecule has 0 unspecified atom stereocenters. The molecule has 0 aromatic heterocycles. The van der Waals surface area contributed by atoms with Gasteiger partial charge in [0.05, 0.1) is 6.61 Å². The number of ether oxygens (including phenoxy) is 1. The number of hydrogen-bond donors (Lipinski definition) is 1. The highest BCUT2D eigenvalue weighted by molar-refractivity contribution is 4.69. The molecule has 0 rings (SSSR count). The van der Waals surface area contributed by atoms with Gasteiger partial charge < -0.3 is 10.1 Å². The van der Waals surface area contributed by atoms with E-state index >= 15 is 0 Å². The molecule has 0 atom stereocenters. The standard InChI is InChI=1S/C14H32N2O/c1-6-14(7-2)16(11-12-17-5)10-8-9-15-13(3)4/h13-15H,6-12H2,1-5H3. The lowest BCUT2D eigenvalue weighted by molar-refractivity contribution is 0.114. The van der Waals surface area contributed by atoms with Crippen molar-refractivity contribution in [2.75, 3.05) is 33.4 Å². The molecule has 0 radical (unpaired) electrons. The third-order valence-corrected chi connectivity index (χ3v) is 3.22. The van der Waals surface area contributed by atoms with Crippen LogP contribution in [0.25, 0.3) is 0 Å². The Balaban J connectivity index is 3.91. The van der Waals surface area contributed by atoms with Crippen molar-refractivity contribution < 1.29 is 4.74 Å². The molecule has 0 aliphatic rings. The van der Waals surface area contributed by atoms with E-state index in [0.717, 1.165) is 19.7 Å². The summed E-state index contributed by atoms with van der Waals surface area (Å²) >= 11 is 0. The number of nitrogens with zero attached hydrogens (tertiary/aromatic N) is 1. The molecule has 0 amide bonds. The summed E-state index contributed by atoms with van der Waals surface area (Å²) in [4.78, 5) is 2.57. The Bertz CT molecular complexity index is 158. The number of hydrogen-bond acceptors (Lipinski definition) is 3. The second kappa shape index (κ2) is 11.0. The van der Waals surface area contributed by atoms with E-state index in [-0.39, 0.29) is 0 Å². The number of rotatable bonds is 11. The molecule has 0 bridgehead atoms. The molecule has 0 spiro atoms. The molecule has 17 heavy (non-hydrogen) atoms. The topological polar surface area (TPSA) is 24.5 Å². The summed E-state index contributed by atoms with van der Waals surface area (Å²) in [6.45, 7) is 13.1. The smallest absolute Gasteiger partial charge is 0.0589 e. The minimum Gasteiger partial charge on any atom is -0.383 e. The summed E-state index contributed by atoms with van der Waals surface area (Å²) in [5.74, 6) is 0. The molecule has 0 fully saturated rings. The van der Waals surface area contributed by atoms with E-state index in [0.29, 0.717) is 12.1 Å². The van der Waals surface area contributed by atoms with Crippen molar-refractivity contribution in [1.82, 2.24) is 10.2 Å². The van der Waals surface area contributed by atoms with Crippen molar-refractivity contribution in [3.63, 3.8) is 0 Å². The van der Waals surface area contributed by atoms with Crippen LogP contribution >= 0.6 is 0 Å². The predicted molar refractivity (Wildman–Crippen MR) is 75.6 cm³/mol. The van der Waals surface area contributed by atoms with Gasteiger partial charge in [-0.1, -0.05) is 27.7 Å². The fourth-order valence-electron chi connectivity index (χ4n) is 2.16. The van der Waals surface area contributed by atoms with Gasteiger partial charge in [0.2, 0.25) is 0 Å². The summed E-state index contributed by atoms with van der Waals surface area (Å²) in [6, 6.07) is 1.31. The second-order valence-electron chi connectivity index (χ2n) is 4.96. The normalized spacial score (nSPS) is 12.0. The molecule has 3 heteroatoms. The van der Waals surface area contributed by atoms with Gasteiger partial charge in [0.15, 0.2) is 0 Å². The zero-order valence-electron chi connectivity index (χ0n) is 12.5. The molecule has 0 saturated heterocycles. The average molecular weight is 244 g/mol. The first-order chi connectivity index (χ1) is 8.15. The molecular formula is C14H32N2O. The monoisotopic (exact) mass is 244 g/mol. The van der Waals surface area contributed by atoms with Gasteiger partial charge in [-0.3, -0.25) is 4.90 Å². The maximum Gasteiger partial charge on any atom is 0.0589 e. The molecule has 1 N–H and O–H groups in total. The van der Waals surface area contributed by atoms with E-state index < -0.39 is 0 Å². The van der Waals surface area contributed by atoms with Gasteiger partial charge in [0.25, 0.3) is 0 Å². The molecule has 0 aromatic rings. The summed E-state index contributed by atoms with van der Waals surface area (Å²) < 4.78 is 5.20. The van der Waals surface area contributed by atoms with Gasteiger partial charge in [0, 0.05) is 25.7 Å². The SMILES string of the molecule is CCC(CC)N(CCCNC(C)C)CCOC. The highest BCUT2D eigenvalue weighted by atomic mass is 16.5. The van der Waals surface area contributed by atoms with Crippen LogP contribution in [-0.2, 0) is 4.74 Å². The third kappa shape index (κ3) is 8.58. The average Bonchev–Trinajstić information content (AvgIpc) is 2.31. The first-order valence-electron chi connectivity index (χ1n) is 7.12. The van der Waals surface area contributed by atoms with E-state index in [1.165, 1.54) is 25.8 Å². The molecule has 0 saturated carbocycles. The molecule has 0 aromatic carbocycles. The molecule has 104 valence electrons. The summed E-state index contributed by atoms with van der Waals surface area (Å²) in [5, 5.41) is 3.47. The summed E-state index contributed by atoms with van der Waals surface area (Å²) in [7, 11) is 1.78. The molecule has 0 heterocycles. The van der Waals surface area contributed by atoms with Crippen molar-refractivity contribution in [2.45, 2.75) is 59.0 Å². The lowest BCUT2D eigenvalue weighted by Crippen LogP contribution is -2.39. The Morgan fingerprint density at radius 1 is 1.12 bits per heavy atom. The number of methoxy groups -OCH3 is 1. The van der Waals surface area contributed by atoms with E-state index in [9.17, 15) is 0 Å². The van der Waals surface area contributed by atoms with Gasteiger partial charge in [-0.05, 0) is 32.4 Å². The van der Waals surface area contributed by atoms with Crippen molar-refractivity contribution in [3.8, 4) is 0 Å². The van der Waals surface area contributed by atoms with Crippen LogP contribution in [0.4, 0.5) is 0 Å². The molecule has 0 aliphatic carbocycles. The Hall–Kier alpha value is -0.120. The highest BCUT2D eigenvalue weighted by Crippen LogP contribution is 2.08. The van der Waals surface area contributed by atoms with Crippen LogP contribution in [-0.4, -0.2) is 50.3 Å². The Morgan fingerprint density at radius 3 is 2.24 bits per heavy atom. The largest absolute Gasteiger partial charge is 0.383 e. The van der Waals surface area contributed by atoms with Crippen LogP contribution in [0, 0.1) is 0 Å². The predicted octanol–water partition coefficient (Wildman–Crippen LogP) is 2.51.